The molecule has 3 heterocycles. The number of aromatic nitrogens is 1. The van der Waals surface area contributed by atoms with Gasteiger partial charge >= 0.3 is 0 Å². The van der Waals surface area contributed by atoms with Crippen LogP contribution in [-0.4, -0.2) is 71.3 Å². The number of nitrogens with zero attached hydrogens (tertiary/aromatic N) is 3. The summed E-state index contributed by atoms with van der Waals surface area (Å²) in [7, 11) is 0. The minimum Gasteiger partial charge on any atom is -0.494 e. The molecule has 2 aliphatic rings. The number of rotatable bonds is 8. The quantitative estimate of drug-likeness (QED) is 0.376. The summed E-state index contributed by atoms with van der Waals surface area (Å²) in [5, 5.41) is 0.840. The van der Waals surface area contributed by atoms with Crippen LogP contribution < -0.4 is 4.74 Å². The zero-order valence-electron chi connectivity index (χ0n) is 19.2. The van der Waals surface area contributed by atoms with Crippen LogP contribution in [0.2, 0.25) is 0 Å². The summed E-state index contributed by atoms with van der Waals surface area (Å²) in [5.41, 5.74) is 0.924. The lowest BCUT2D eigenvalue weighted by atomic mass is 9.77. The normalized spacial score (nSPS) is 17.5. The second kappa shape index (κ2) is 11.1. The standard InChI is InChI=1S/C24H31N3O3S3/c1-31-21-20(23(32-2)33-25-21)22(29)27-15-12-24(17-27)10-13-26(14-11-24)19(28)9-6-16-30-18-7-4-3-5-8-18/h3-5,7-8H,6,9-17H2,1-2H3. The van der Waals surface area contributed by atoms with Crippen molar-refractivity contribution in [2.24, 2.45) is 5.41 Å². The van der Waals surface area contributed by atoms with E-state index in [1.54, 1.807) is 23.5 Å². The van der Waals surface area contributed by atoms with Crippen LogP contribution >= 0.6 is 35.1 Å². The Morgan fingerprint density at radius 2 is 1.76 bits per heavy atom. The van der Waals surface area contributed by atoms with E-state index in [9.17, 15) is 9.59 Å². The second-order valence-electron chi connectivity index (χ2n) is 8.68. The lowest BCUT2D eigenvalue weighted by Crippen LogP contribution is -2.44. The molecule has 0 unspecified atom stereocenters. The highest BCUT2D eigenvalue weighted by Crippen LogP contribution is 2.42. The van der Waals surface area contributed by atoms with Crippen molar-refractivity contribution < 1.29 is 14.3 Å². The van der Waals surface area contributed by atoms with Crippen molar-refractivity contribution in [1.82, 2.24) is 14.2 Å². The smallest absolute Gasteiger partial charge is 0.258 e. The highest BCUT2D eigenvalue weighted by molar-refractivity contribution is 8.01. The van der Waals surface area contributed by atoms with E-state index in [1.165, 1.54) is 11.5 Å². The molecular weight excluding hydrogens is 474 g/mol. The minimum atomic E-state index is 0.117. The highest BCUT2D eigenvalue weighted by atomic mass is 32.2. The topological polar surface area (TPSA) is 62.7 Å². The Morgan fingerprint density at radius 3 is 2.42 bits per heavy atom. The average Bonchev–Trinajstić information content (AvgIpc) is 3.46. The Balaban J connectivity index is 1.24. The number of ether oxygens (including phenoxy) is 1. The fourth-order valence-electron chi connectivity index (χ4n) is 4.71. The van der Waals surface area contributed by atoms with Gasteiger partial charge in [0.2, 0.25) is 5.91 Å². The van der Waals surface area contributed by atoms with Gasteiger partial charge in [0.05, 0.1) is 16.4 Å². The first-order valence-electron chi connectivity index (χ1n) is 11.4. The third-order valence-corrected chi connectivity index (χ3v) is 9.41. The van der Waals surface area contributed by atoms with Crippen LogP contribution in [0.5, 0.6) is 5.75 Å². The third-order valence-electron chi connectivity index (χ3n) is 6.67. The number of carbonyl (C=O) groups excluding carboxylic acids is 2. The maximum Gasteiger partial charge on any atom is 0.258 e. The third kappa shape index (κ3) is 5.69. The van der Waals surface area contributed by atoms with Gasteiger partial charge in [-0.2, -0.15) is 4.37 Å². The first-order chi connectivity index (χ1) is 16.0. The molecule has 1 aromatic carbocycles. The SMILES string of the molecule is CSc1nsc(SC)c1C(=O)N1CCC2(CCN(C(=O)CCCOc3ccccc3)CC2)C1. The first kappa shape index (κ1) is 24.4. The van der Waals surface area contributed by atoms with Gasteiger partial charge in [-0.1, -0.05) is 18.2 Å². The molecular formula is C24H31N3O3S3. The van der Waals surface area contributed by atoms with Crippen LogP contribution in [0.1, 0.15) is 42.5 Å². The van der Waals surface area contributed by atoms with E-state index in [0.717, 1.165) is 72.4 Å². The molecule has 0 radical (unpaired) electrons. The number of hydrogen-bond acceptors (Lipinski definition) is 7. The molecule has 1 spiro atoms. The maximum atomic E-state index is 13.3. The van der Waals surface area contributed by atoms with Gasteiger partial charge in [0, 0.05) is 32.6 Å². The van der Waals surface area contributed by atoms with E-state index < -0.39 is 0 Å². The van der Waals surface area contributed by atoms with E-state index in [0.29, 0.717) is 13.0 Å². The van der Waals surface area contributed by atoms with E-state index in [4.69, 9.17) is 4.74 Å². The molecule has 0 atom stereocenters. The average molecular weight is 506 g/mol. The van der Waals surface area contributed by atoms with Gasteiger partial charge in [0.25, 0.3) is 5.91 Å². The number of thioether (sulfide) groups is 2. The molecule has 2 amide bonds. The molecule has 2 saturated heterocycles. The number of para-hydroxylation sites is 1. The molecule has 6 nitrogen and oxygen atoms in total. The molecule has 2 aromatic rings. The van der Waals surface area contributed by atoms with E-state index in [2.05, 4.69) is 4.37 Å². The number of piperidine rings is 1. The molecule has 33 heavy (non-hydrogen) atoms. The van der Waals surface area contributed by atoms with Crippen LogP contribution in [0.4, 0.5) is 0 Å². The molecule has 9 heteroatoms. The van der Waals surface area contributed by atoms with Gasteiger partial charge in [-0.15, -0.1) is 23.5 Å². The Hall–Kier alpha value is -1.71. The molecule has 4 rings (SSSR count). The van der Waals surface area contributed by atoms with Gasteiger partial charge in [-0.25, -0.2) is 0 Å². The fourth-order valence-corrected chi connectivity index (χ4v) is 6.98. The largest absolute Gasteiger partial charge is 0.494 e. The van der Waals surface area contributed by atoms with Crippen molar-refractivity contribution in [1.29, 1.82) is 0 Å². The zero-order chi connectivity index (χ0) is 23.3. The Bertz CT molecular complexity index is 937. The second-order valence-corrected chi connectivity index (χ2v) is 11.3. The van der Waals surface area contributed by atoms with Crippen LogP contribution in [0.25, 0.3) is 0 Å². The molecule has 0 bridgehead atoms. The van der Waals surface area contributed by atoms with Crippen LogP contribution in [0, 0.1) is 5.41 Å². The van der Waals surface area contributed by atoms with Gasteiger partial charge < -0.3 is 14.5 Å². The molecule has 178 valence electrons. The molecule has 2 aliphatic heterocycles. The number of carbonyl (C=O) groups is 2. The zero-order valence-corrected chi connectivity index (χ0v) is 21.7. The van der Waals surface area contributed by atoms with Crippen molar-refractivity contribution in [3.63, 3.8) is 0 Å². The van der Waals surface area contributed by atoms with E-state index in [-0.39, 0.29) is 17.2 Å². The Morgan fingerprint density at radius 1 is 1.06 bits per heavy atom. The van der Waals surface area contributed by atoms with Crippen molar-refractivity contribution in [3.05, 3.63) is 35.9 Å². The molecule has 0 N–H and O–H groups in total. The summed E-state index contributed by atoms with van der Waals surface area (Å²) in [6, 6.07) is 9.71. The van der Waals surface area contributed by atoms with Gasteiger partial charge in [-0.3, -0.25) is 9.59 Å². The molecule has 0 aliphatic carbocycles. The number of amides is 2. The summed E-state index contributed by atoms with van der Waals surface area (Å²) in [6.07, 6.45) is 8.17. The van der Waals surface area contributed by atoms with E-state index in [1.807, 2.05) is 52.6 Å². The highest BCUT2D eigenvalue weighted by Gasteiger charge is 2.43. The van der Waals surface area contributed by atoms with Gasteiger partial charge in [0.15, 0.2) is 0 Å². The van der Waals surface area contributed by atoms with Crippen molar-refractivity contribution >= 4 is 46.9 Å². The van der Waals surface area contributed by atoms with Crippen molar-refractivity contribution in [2.45, 2.75) is 41.3 Å². The van der Waals surface area contributed by atoms with Gasteiger partial charge in [-0.05, 0) is 67.3 Å². The molecule has 2 fully saturated rings. The number of hydrogen-bond donors (Lipinski definition) is 0. The monoisotopic (exact) mass is 505 g/mol. The summed E-state index contributed by atoms with van der Waals surface area (Å²) >= 11 is 4.56. The summed E-state index contributed by atoms with van der Waals surface area (Å²) in [6.45, 7) is 3.70. The number of benzene rings is 1. The lowest BCUT2D eigenvalue weighted by molar-refractivity contribution is -0.133. The molecule has 0 saturated carbocycles. The van der Waals surface area contributed by atoms with Crippen molar-refractivity contribution in [3.8, 4) is 5.75 Å². The first-order valence-corrected chi connectivity index (χ1v) is 14.6. The van der Waals surface area contributed by atoms with Gasteiger partial charge in [0.1, 0.15) is 10.8 Å². The Labute approximate surface area is 208 Å². The number of likely N-dealkylation sites (tertiary alicyclic amines) is 2. The van der Waals surface area contributed by atoms with Crippen LogP contribution in [-0.2, 0) is 4.79 Å². The van der Waals surface area contributed by atoms with Crippen LogP contribution in [0.3, 0.4) is 0 Å². The maximum absolute atomic E-state index is 13.3. The molecule has 1 aromatic heterocycles. The lowest BCUT2D eigenvalue weighted by Gasteiger charge is -2.39. The van der Waals surface area contributed by atoms with Crippen molar-refractivity contribution in [2.75, 3.05) is 45.3 Å². The fraction of sp³-hybridized carbons (Fsp3) is 0.542. The summed E-state index contributed by atoms with van der Waals surface area (Å²) in [4.78, 5) is 30.0. The predicted molar refractivity (Wildman–Crippen MR) is 136 cm³/mol. The minimum absolute atomic E-state index is 0.117. The van der Waals surface area contributed by atoms with E-state index >= 15 is 0 Å². The Kier molecular flexibility index (Phi) is 8.24. The summed E-state index contributed by atoms with van der Waals surface area (Å²) < 4.78 is 11.2. The summed E-state index contributed by atoms with van der Waals surface area (Å²) in [5.74, 6) is 1.18. The predicted octanol–water partition coefficient (Wildman–Crippen LogP) is 4.90. The van der Waals surface area contributed by atoms with Crippen LogP contribution in [0.15, 0.2) is 39.6 Å².